The molecule has 1 saturated carbocycles. The number of hydrazone groups is 1. The molecule has 35 heavy (non-hydrogen) atoms. The molecule has 0 radical (unpaired) electrons. The Balaban J connectivity index is 1.25. The minimum absolute atomic E-state index is 0.230. The topological polar surface area (TPSA) is 68.2 Å². The van der Waals surface area contributed by atoms with Crippen molar-refractivity contribution in [1.82, 2.24) is 15.2 Å². The Kier molecular flexibility index (Phi) is 5.60. The second kappa shape index (κ2) is 8.79. The van der Waals surface area contributed by atoms with Gasteiger partial charge in [-0.1, -0.05) is 24.3 Å². The van der Waals surface area contributed by atoms with Gasteiger partial charge in [-0.2, -0.15) is 5.10 Å². The number of nitrogens with zero attached hydrogens (tertiary/aromatic N) is 3. The van der Waals surface area contributed by atoms with Gasteiger partial charge in [0.1, 0.15) is 5.83 Å². The number of nitrogens with one attached hydrogen (secondary N) is 1. The summed E-state index contributed by atoms with van der Waals surface area (Å²) in [5, 5.41) is 13.7. The van der Waals surface area contributed by atoms with Crippen LogP contribution < -0.4 is 5.43 Å². The van der Waals surface area contributed by atoms with E-state index in [2.05, 4.69) is 45.7 Å². The lowest BCUT2D eigenvalue weighted by Gasteiger charge is -2.39. The zero-order valence-electron chi connectivity index (χ0n) is 20.1. The summed E-state index contributed by atoms with van der Waals surface area (Å²) in [7, 11) is 2.09. The molecule has 1 aromatic rings. The van der Waals surface area contributed by atoms with Crippen LogP contribution in [0.2, 0.25) is 0 Å². The molecule has 6 nitrogen and oxygen atoms in total. The number of hydrogen-bond donors (Lipinski definition) is 2. The van der Waals surface area contributed by atoms with Crippen LogP contribution in [0.4, 0.5) is 4.39 Å². The SMILES string of the molecule is CN1C=C2C(=C(C3=CCN([C@H]4CC[C@@H](CC(=O)O)CC4)CC3)C1)NN=C1C=C(F)c3cccc2c31. The first-order chi connectivity index (χ1) is 17.0. The van der Waals surface area contributed by atoms with Crippen LogP contribution in [0.1, 0.15) is 55.2 Å². The molecular formula is C28H31FN4O2. The van der Waals surface area contributed by atoms with Crippen molar-refractivity contribution in [2.45, 2.75) is 44.6 Å². The van der Waals surface area contributed by atoms with Gasteiger partial charge in [-0.15, -0.1) is 0 Å². The van der Waals surface area contributed by atoms with E-state index in [0.29, 0.717) is 29.7 Å². The largest absolute Gasteiger partial charge is 0.481 e. The Bertz CT molecular complexity index is 1230. The highest BCUT2D eigenvalue weighted by Gasteiger charge is 2.33. The van der Waals surface area contributed by atoms with Crippen LogP contribution in [-0.2, 0) is 4.79 Å². The standard InChI is InChI=1S/C28H31FN4O2/c1-32-15-22(18-9-11-33(12-10-18)19-7-5-17(6-8-19)13-26(34)35)28-23(16-32)20-3-2-4-21-24(29)14-25(27(20)21)30-31-28/h2-4,9,14,16-17,19,31H,5-8,10-13,15H2,1H3,(H,34,35)/t17-,19+. The molecule has 3 aliphatic heterocycles. The van der Waals surface area contributed by atoms with Crippen molar-refractivity contribution >= 4 is 23.1 Å². The van der Waals surface area contributed by atoms with Crippen molar-refractivity contribution in [3.05, 3.63) is 70.1 Å². The molecule has 0 saturated heterocycles. The number of carboxylic acids is 1. The number of carboxylic acid groups (broad SMARTS) is 1. The maximum Gasteiger partial charge on any atom is 0.303 e. The Hall–Kier alpha value is -3.19. The molecule has 0 atom stereocenters. The molecule has 182 valence electrons. The smallest absolute Gasteiger partial charge is 0.303 e. The molecule has 6 rings (SSSR count). The molecule has 0 bridgehead atoms. The monoisotopic (exact) mass is 474 g/mol. The van der Waals surface area contributed by atoms with E-state index in [1.54, 1.807) is 0 Å². The van der Waals surface area contributed by atoms with Crippen molar-refractivity contribution < 1.29 is 14.3 Å². The van der Waals surface area contributed by atoms with Gasteiger partial charge in [-0.3, -0.25) is 15.1 Å². The van der Waals surface area contributed by atoms with Crippen LogP contribution in [0.15, 0.2) is 58.5 Å². The van der Waals surface area contributed by atoms with Gasteiger partial charge in [0.15, 0.2) is 0 Å². The molecule has 0 unspecified atom stereocenters. The summed E-state index contributed by atoms with van der Waals surface area (Å²) in [6.07, 6.45) is 11.5. The summed E-state index contributed by atoms with van der Waals surface area (Å²) < 4.78 is 14.5. The van der Waals surface area contributed by atoms with Crippen molar-refractivity contribution in [2.75, 3.05) is 26.7 Å². The number of aliphatic carboxylic acids is 1. The molecular weight excluding hydrogens is 443 g/mol. The summed E-state index contributed by atoms with van der Waals surface area (Å²) in [6.45, 7) is 2.75. The van der Waals surface area contributed by atoms with E-state index in [-0.39, 0.29) is 5.83 Å². The number of carbonyl (C=O) groups is 1. The van der Waals surface area contributed by atoms with Crippen LogP contribution in [0.25, 0.3) is 11.4 Å². The quantitative estimate of drug-likeness (QED) is 0.672. The van der Waals surface area contributed by atoms with Crippen LogP contribution in [-0.4, -0.2) is 59.3 Å². The van der Waals surface area contributed by atoms with Crippen LogP contribution in [0.3, 0.4) is 0 Å². The fourth-order valence-corrected chi connectivity index (χ4v) is 6.39. The maximum absolute atomic E-state index is 14.5. The third-order valence-electron chi connectivity index (χ3n) is 8.17. The van der Waals surface area contributed by atoms with Crippen LogP contribution >= 0.6 is 0 Å². The van der Waals surface area contributed by atoms with Crippen LogP contribution in [0.5, 0.6) is 0 Å². The lowest BCUT2D eigenvalue weighted by molar-refractivity contribution is -0.138. The molecule has 0 aromatic heterocycles. The number of fused-ring (bicyclic) bond motifs is 2. The first-order valence-corrected chi connectivity index (χ1v) is 12.6. The Morgan fingerprint density at radius 1 is 1.23 bits per heavy atom. The average molecular weight is 475 g/mol. The molecule has 0 spiro atoms. The summed E-state index contributed by atoms with van der Waals surface area (Å²) >= 11 is 0. The second-order valence-electron chi connectivity index (χ2n) is 10.4. The summed E-state index contributed by atoms with van der Waals surface area (Å²) in [6, 6.07) is 6.36. The lowest BCUT2D eigenvalue weighted by atomic mass is 9.82. The molecule has 2 aliphatic carbocycles. The van der Waals surface area contributed by atoms with Gasteiger partial charge in [0.2, 0.25) is 0 Å². The van der Waals surface area contributed by atoms with E-state index in [4.69, 9.17) is 5.11 Å². The molecule has 0 amide bonds. The predicted molar refractivity (Wildman–Crippen MR) is 135 cm³/mol. The van der Waals surface area contributed by atoms with Crippen molar-refractivity contribution in [3.63, 3.8) is 0 Å². The first kappa shape index (κ1) is 22.3. The Labute approximate surface area is 205 Å². The number of hydrogen-bond acceptors (Lipinski definition) is 5. The highest BCUT2D eigenvalue weighted by Crippen LogP contribution is 2.41. The highest BCUT2D eigenvalue weighted by atomic mass is 19.1. The van der Waals surface area contributed by atoms with Gasteiger partial charge < -0.3 is 10.0 Å². The Morgan fingerprint density at radius 2 is 2.03 bits per heavy atom. The molecule has 7 heteroatoms. The lowest BCUT2D eigenvalue weighted by Crippen LogP contribution is -2.41. The van der Waals surface area contributed by atoms with Gasteiger partial charge in [0.05, 0.1) is 11.4 Å². The van der Waals surface area contributed by atoms with E-state index in [0.717, 1.165) is 74.1 Å². The van der Waals surface area contributed by atoms with Gasteiger partial charge in [-0.05, 0) is 49.2 Å². The van der Waals surface area contributed by atoms with Gasteiger partial charge in [-0.25, -0.2) is 4.39 Å². The minimum atomic E-state index is -0.672. The number of halogens is 1. The number of benzene rings is 1. The maximum atomic E-state index is 14.5. The van der Waals surface area contributed by atoms with Gasteiger partial charge in [0, 0.05) is 73.7 Å². The number of allylic oxidation sites excluding steroid dienone is 2. The highest BCUT2D eigenvalue weighted by molar-refractivity contribution is 6.21. The fraction of sp³-hybridized carbons (Fsp3) is 0.429. The summed E-state index contributed by atoms with van der Waals surface area (Å²) in [4.78, 5) is 15.8. The first-order valence-electron chi connectivity index (χ1n) is 12.6. The number of rotatable bonds is 4. The Morgan fingerprint density at radius 3 is 2.77 bits per heavy atom. The third kappa shape index (κ3) is 4.01. The van der Waals surface area contributed by atoms with Gasteiger partial charge in [0.25, 0.3) is 0 Å². The molecule has 1 fully saturated rings. The second-order valence-corrected chi connectivity index (χ2v) is 10.4. The summed E-state index contributed by atoms with van der Waals surface area (Å²) in [5.41, 5.74) is 11.2. The predicted octanol–water partition coefficient (Wildman–Crippen LogP) is 4.52. The third-order valence-corrected chi connectivity index (χ3v) is 8.17. The normalized spacial score (nSPS) is 26.1. The average Bonchev–Trinajstić information content (AvgIpc) is 3.09. The van der Waals surface area contributed by atoms with E-state index in [1.807, 2.05) is 12.1 Å². The molecule has 3 heterocycles. The van der Waals surface area contributed by atoms with Crippen molar-refractivity contribution in [1.29, 1.82) is 0 Å². The zero-order chi connectivity index (χ0) is 24.1. The molecule has 1 aromatic carbocycles. The zero-order valence-corrected chi connectivity index (χ0v) is 20.1. The fourth-order valence-electron chi connectivity index (χ4n) is 6.39. The minimum Gasteiger partial charge on any atom is -0.481 e. The van der Waals surface area contributed by atoms with Crippen LogP contribution in [0, 0.1) is 5.92 Å². The van der Waals surface area contributed by atoms with E-state index in [1.165, 1.54) is 17.2 Å². The van der Waals surface area contributed by atoms with Crippen molar-refractivity contribution in [3.8, 4) is 0 Å². The van der Waals surface area contributed by atoms with E-state index < -0.39 is 5.97 Å². The van der Waals surface area contributed by atoms with E-state index in [9.17, 15) is 9.18 Å². The van der Waals surface area contributed by atoms with E-state index >= 15 is 0 Å². The number of likely N-dealkylation sites (N-methyl/N-ethyl adjacent to an activating group) is 1. The van der Waals surface area contributed by atoms with Gasteiger partial charge >= 0.3 is 5.97 Å². The summed E-state index contributed by atoms with van der Waals surface area (Å²) in [5.74, 6) is -0.569. The molecule has 5 aliphatic rings. The van der Waals surface area contributed by atoms with Crippen molar-refractivity contribution in [2.24, 2.45) is 11.0 Å². The molecule has 2 N–H and O–H groups in total.